The Kier molecular flexibility index (Phi) is 6.07. The quantitative estimate of drug-likeness (QED) is 0.295. The highest BCUT2D eigenvalue weighted by atomic mass is 35.5. The van der Waals surface area contributed by atoms with Gasteiger partial charge in [-0.1, -0.05) is 59.8 Å². The standard InChI is InChI=1S/C21H16ClFN4OS/c22-19-11-10-15(12-24-19)14-29-21-26-25-20(27(21)16-6-2-1-3-7-16)13-28-18-9-5-4-8-17(18)23/h1-12H,13-14H2. The van der Waals surface area contributed by atoms with Gasteiger partial charge in [0.2, 0.25) is 0 Å². The van der Waals surface area contributed by atoms with Crippen molar-refractivity contribution in [2.24, 2.45) is 0 Å². The number of aromatic nitrogens is 4. The van der Waals surface area contributed by atoms with Crippen molar-refractivity contribution in [3.63, 3.8) is 0 Å². The zero-order valence-electron chi connectivity index (χ0n) is 15.2. The molecule has 0 unspecified atom stereocenters. The van der Waals surface area contributed by atoms with Crippen molar-refractivity contribution in [3.8, 4) is 11.4 Å². The topological polar surface area (TPSA) is 52.8 Å². The van der Waals surface area contributed by atoms with E-state index in [1.54, 1.807) is 30.5 Å². The van der Waals surface area contributed by atoms with Gasteiger partial charge in [-0.15, -0.1) is 10.2 Å². The second-order valence-electron chi connectivity index (χ2n) is 6.07. The van der Waals surface area contributed by atoms with Crippen LogP contribution in [-0.2, 0) is 12.4 Å². The van der Waals surface area contributed by atoms with Crippen LogP contribution in [0.25, 0.3) is 5.69 Å². The van der Waals surface area contributed by atoms with Crippen molar-refractivity contribution in [1.29, 1.82) is 0 Å². The van der Waals surface area contributed by atoms with Crippen molar-refractivity contribution >= 4 is 23.4 Å². The van der Waals surface area contributed by atoms with E-state index in [0.717, 1.165) is 11.3 Å². The number of pyridine rings is 1. The van der Waals surface area contributed by atoms with E-state index in [9.17, 15) is 4.39 Å². The summed E-state index contributed by atoms with van der Waals surface area (Å²) >= 11 is 7.37. The number of hydrogen-bond acceptors (Lipinski definition) is 5. The lowest BCUT2D eigenvalue weighted by Gasteiger charge is -2.11. The second-order valence-corrected chi connectivity index (χ2v) is 7.40. The molecule has 4 rings (SSSR count). The van der Waals surface area contributed by atoms with Crippen LogP contribution in [0.3, 0.4) is 0 Å². The number of halogens is 2. The summed E-state index contributed by atoms with van der Waals surface area (Å²) in [6.45, 7) is 0.0892. The molecule has 2 aromatic carbocycles. The Bertz CT molecular complexity index is 1090. The van der Waals surface area contributed by atoms with Crippen LogP contribution >= 0.6 is 23.4 Å². The fraction of sp³-hybridized carbons (Fsp3) is 0.0952. The van der Waals surface area contributed by atoms with Crippen LogP contribution in [0.4, 0.5) is 4.39 Å². The zero-order chi connectivity index (χ0) is 20.1. The van der Waals surface area contributed by atoms with Crippen molar-refractivity contribution in [1.82, 2.24) is 19.7 Å². The molecule has 0 aliphatic carbocycles. The summed E-state index contributed by atoms with van der Waals surface area (Å²) in [7, 11) is 0. The molecular formula is C21H16ClFN4OS. The van der Waals surface area contributed by atoms with E-state index in [0.29, 0.717) is 21.9 Å². The van der Waals surface area contributed by atoms with Crippen molar-refractivity contribution < 1.29 is 9.13 Å². The number of hydrogen-bond donors (Lipinski definition) is 0. The molecule has 0 aliphatic rings. The molecule has 0 atom stereocenters. The minimum absolute atomic E-state index is 0.0892. The van der Waals surface area contributed by atoms with E-state index < -0.39 is 5.82 Å². The van der Waals surface area contributed by atoms with Crippen LogP contribution in [-0.4, -0.2) is 19.7 Å². The first kappa shape index (κ1) is 19.4. The maximum Gasteiger partial charge on any atom is 0.196 e. The van der Waals surface area contributed by atoms with Gasteiger partial charge < -0.3 is 4.74 Å². The molecule has 2 heterocycles. The van der Waals surface area contributed by atoms with Gasteiger partial charge in [-0.3, -0.25) is 4.57 Å². The average Bonchev–Trinajstić information content (AvgIpc) is 3.16. The Hall–Kier alpha value is -2.90. The van der Waals surface area contributed by atoms with Gasteiger partial charge in [-0.25, -0.2) is 9.37 Å². The van der Waals surface area contributed by atoms with Gasteiger partial charge in [0.1, 0.15) is 11.8 Å². The highest BCUT2D eigenvalue weighted by Gasteiger charge is 2.16. The largest absolute Gasteiger partial charge is 0.483 e. The summed E-state index contributed by atoms with van der Waals surface area (Å²) in [6, 6.07) is 19.7. The number of nitrogens with zero attached hydrogens (tertiary/aromatic N) is 4. The van der Waals surface area contributed by atoms with Gasteiger partial charge in [0.05, 0.1) is 0 Å². The highest BCUT2D eigenvalue weighted by molar-refractivity contribution is 7.98. The Morgan fingerprint density at radius 3 is 2.52 bits per heavy atom. The molecule has 0 N–H and O–H groups in total. The van der Waals surface area contributed by atoms with Crippen molar-refractivity contribution in [3.05, 3.63) is 95.3 Å². The predicted molar refractivity (Wildman–Crippen MR) is 111 cm³/mol. The highest BCUT2D eigenvalue weighted by Crippen LogP contribution is 2.26. The van der Waals surface area contributed by atoms with Gasteiger partial charge in [0, 0.05) is 17.6 Å². The maximum atomic E-state index is 13.9. The van der Waals surface area contributed by atoms with Crippen LogP contribution in [0.2, 0.25) is 5.15 Å². The SMILES string of the molecule is Fc1ccccc1OCc1nnc(SCc2ccc(Cl)nc2)n1-c1ccccc1. The van der Waals surface area contributed by atoms with Crippen LogP contribution in [0, 0.1) is 5.82 Å². The minimum Gasteiger partial charge on any atom is -0.483 e. The molecule has 0 bridgehead atoms. The molecule has 0 amide bonds. The molecule has 2 aromatic heterocycles. The van der Waals surface area contributed by atoms with Crippen LogP contribution in [0.5, 0.6) is 5.75 Å². The number of para-hydroxylation sites is 2. The normalized spacial score (nSPS) is 10.8. The van der Waals surface area contributed by atoms with Crippen LogP contribution in [0.1, 0.15) is 11.4 Å². The summed E-state index contributed by atoms with van der Waals surface area (Å²) in [6.07, 6.45) is 1.74. The van der Waals surface area contributed by atoms with Crippen LogP contribution < -0.4 is 4.74 Å². The molecule has 29 heavy (non-hydrogen) atoms. The summed E-state index contributed by atoms with van der Waals surface area (Å²) in [4.78, 5) is 4.10. The van der Waals surface area contributed by atoms with E-state index >= 15 is 0 Å². The smallest absolute Gasteiger partial charge is 0.196 e. The molecule has 0 saturated heterocycles. The molecule has 146 valence electrons. The van der Waals surface area contributed by atoms with E-state index in [2.05, 4.69) is 15.2 Å². The molecular weight excluding hydrogens is 411 g/mol. The Balaban J connectivity index is 1.58. The van der Waals surface area contributed by atoms with E-state index in [1.807, 2.05) is 41.0 Å². The molecule has 0 saturated carbocycles. The zero-order valence-corrected chi connectivity index (χ0v) is 16.8. The molecule has 0 radical (unpaired) electrons. The molecule has 0 fully saturated rings. The van der Waals surface area contributed by atoms with Gasteiger partial charge in [-0.2, -0.15) is 0 Å². The summed E-state index contributed by atoms with van der Waals surface area (Å²) in [5.41, 5.74) is 1.92. The van der Waals surface area contributed by atoms with E-state index in [-0.39, 0.29) is 12.4 Å². The van der Waals surface area contributed by atoms with Gasteiger partial charge in [-0.05, 0) is 35.9 Å². The number of thioether (sulfide) groups is 1. The summed E-state index contributed by atoms with van der Waals surface area (Å²) < 4.78 is 21.4. The minimum atomic E-state index is -0.414. The van der Waals surface area contributed by atoms with Gasteiger partial charge in [0.15, 0.2) is 22.5 Å². The maximum absolute atomic E-state index is 13.9. The second kappa shape index (κ2) is 9.07. The first-order valence-electron chi connectivity index (χ1n) is 8.81. The van der Waals surface area contributed by atoms with Gasteiger partial charge in [0.25, 0.3) is 0 Å². The third kappa shape index (κ3) is 4.75. The van der Waals surface area contributed by atoms with Gasteiger partial charge >= 0.3 is 0 Å². The molecule has 8 heteroatoms. The lowest BCUT2D eigenvalue weighted by Crippen LogP contribution is -2.07. The molecule has 0 spiro atoms. The van der Waals surface area contributed by atoms with E-state index in [4.69, 9.17) is 16.3 Å². The fourth-order valence-corrected chi connectivity index (χ4v) is 3.68. The molecule has 0 aliphatic heterocycles. The third-order valence-corrected chi connectivity index (χ3v) is 5.29. The monoisotopic (exact) mass is 426 g/mol. The van der Waals surface area contributed by atoms with Crippen molar-refractivity contribution in [2.75, 3.05) is 0 Å². The third-order valence-electron chi connectivity index (χ3n) is 4.06. The molecule has 4 aromatic rings. The number of ether oxygens (including phenoxy) is 1. The first-order chi connectivity index (χ1) is 14.2. The predicted octanol–water partition coefficient (Wildman–Crippen LogP) is 5.33. The fourth-order valence-electron chi connectivity index (χ4n) is 2.67. The van der Waals surface area contributed by atoms with E-state index in [1.165, 1.54) is 17.8 Å². The first-order valence-corrected chi connectivity index (χ1v) is 10.2. The van der Waals surface area contributed by atoms with Crippen molar-refractivity contribution in [2.45, 2.75) is 17.5 Å². The molecule has 5 nitrogen and oxygen atoms in total. The summed E-state index contributed by atoms with van der Waals surface area (Å²) in [5, 5.41) is 9.75. The summed E-state index contributed by atoms with van der Waals surface area (Å²) in [5.74, 6) is 0.999. The average molecular weight is 427 g/mol. The Morgan fingerprint density at radius 1 is 0.966 bits per heavy atom. The number of rotatable bonds is 7. The lowest BCUT2D eigenvalue weighted by molar-refractivity contribution is 0.278. The van der Waals surface area contributed by atoms with Crippen LogP contribution in [0.15, 0.2) is 78.1 Å². The Labute approximate surface area is 176 Å². The number of benzene rings is 2. The lowest BCUT2D eigenvalue weighted by atomic mass is 10.3. The Morgan fingerprint density at radius 2 is 1.76 bits per heavy atom.